The highest BCUT2D eigenvalue weighted by atomic mass is 19.3. The lowest BCUT2D eigenvalue weighted by atomic mass is 9.82. The Morgan fingerprint density at radius 1 is 0.812 bits per heavy atom. The Labute approximate surface area is 191 Å². The largest absolute Gasteiger partial charge is 0.390 e. The number of carbonyl (C=O) groups is 2. The van der Waals surface area contributed by atoms with Crippen LogP contribution in [0, 0.1) is 0 Å². The Balaban J connectivity index is 2.49. The van der Waals surface area contributed by atoms with Crippen LogP contribution in [-0.4, -0.2) is 22.3 Å². The number of rotatable bonds is 12. The molecule has 32 heavy (non-hydrogen) atoms. The Bertz CT molecular complexity index is 863. The number of aliphatic hydroxyl groups is 1. The van der Waals surface area contributed by atoms with Gasteiger partial charge in [0.15, 0.2) is 11.6 Å². The molecule has 0 heterocycles. The second-order valence-corrected chi connectivity index (χ2v) is 9.22. The molecule has 3 nitrogen and oxygen atoms in total. The molecule has 5 heteroatoms. The summed E-state index contributed by atoms with van der Waals surface area (Å²) in [6, 6.07) is 0. The predicted molar refractivity (Wildman–Crippen MR) is 126 cm³/mol. The molecule has 0 aromatic carbocycles. The van der Waals surface area contributed by atoms with Crippen molar-refractivity contribution in [2.75, 3.05) is 0 Å². The summed E-state index contributed by atoms with van der Waals surface area (Å²) in [6.07, 6.45) is 8.41. The molecule has 1 atom stereocenters. The fraction of sp³-hybridized carbons (Fsp3) is 0.556. The average molecular weight is 449 g/mol. The first-order chi connectivity index (χ1) is 14.9. The second kappa shape index (κ2) is 12.8. The standard InChI is InChI=1S/C27H38F2O3/c1-18(12-8-14-24(28)29)10-7-11-19(2)13-9-16-27(6,32)17-15-23-22(5)25(30)20(3)21(4)26(23)31/h10,13-14,32H,7-9,11-12,15-17H2,1-6H3/b18-10+,19-13+. The first kappa shape index (κ1) is 27.9. The van der Waals surface area contributed by atoms with Gasteiger partial charge in [0.1, 0.15) is 0 Å². The lowest BCUT2D eigenvalue weighted by Gasteiger charge is -2.25. The van der Waals surface area contributed by atoms with E-state index in [-0.39, 0.29) is 11.6 Å². The minimum absolute atomic E-state index is 0.0781. The normalized spacial score (nSPS) is 17.8. The summed E-state index contributed by atoms with van der Waals surface area (Å²) in [5, 5.41) is 10.8. The van der Waals surface area contributed by atoms with E-state index in [9.17, 15) is 23.5 Å². The van der Waals surface area contributed by atoms with Gasteiger partial charge < -0.3 is 5.11 Å². The third-order valence-corrected chi connectivity index (χ3v) is 6.27. The SMILES string of the molecule is CC1=C(C)C(=O)C(CCC(C)(O)CC/C=C(\C)CC/C=C(\C)CCC=C(F)F)=C(C)C1=O. The molecule has 0 fully saturated rings. The monoisotopic (exact) mass is 448 g/mol. The Morgan fingerprint density at radius 3 is 1.88 bits per heavy atom. The molecule has 0 saturated heterocycles. The summed E-state index contributed by atoms with van der Waals surface area (Å²) in [6.45, 7) is 10.8. The van der Waals surface area contributed by atoms with E-state index in [0.29, 0.717) is 54.4 Å². The zero-order valence-corrected chi connectivity index (χ0v) is 20.4. The third-order valence-electron chi connectivity index (χ3n) is 6.27. The molecule has 1 aliphatic carbocycles. The Kier molecular flexibility index (Phi) is 11.1. The van der Waals surface area contributed by atoms with Crippen molar-refractivity contribution in [3.63, 3.8) is 0 Å². The topological polar surface area (TPSA) is 54.4 Å². The molecule has 1 N–H and O–H groups in total. The molecule has 1 aliphatic rings. The minimum Gasteiger partial charge on any atom is -0.390 e. The summed E-state index contributed by atoms with van der Waals surface area (Å²) in [7, 11) is 0. The molecule has 0 aromatic rings. The lowest BCUT2D eigenvalue weighted by molar-refractivity contribution is -0.116. The van der Waals surface area contributed by atoms with Crippen molar-refractivity contribution in [2.45, 2.75) is 98.5 Å². The molecular weight excluding hydrogens is 410 g/mol. The average Bonchev–Trinajstić information content (AvgIpc) is 2.70. The maximum atomic E-state index is 12.5. The molecular formula is C27H38F2O3. The quantitative estimate of drug-likeness (QED) is 0.251. The van der Waals surface area contributed by atoms with Gasteiger partial charge in [0.05, 0.1) is 5.60 Å². The Hall–Kier alpha value is -2.14. The molecule has 178 valence electrons. The summed E-state index contributed by atoms with van der Waals surface area (Å²) in [5.41, 5.74) is 3.45. The zero-order chi connectivity index (χ0) is 24.5. The van der Waals surface area contributed by atoms with E-state index in [4.69, 9.17) is 0 Å². The van der Waals surface area contributed by atoms with E-state index in [1.807, 2.05) is 6.92 Å². The van der Waals surface area contributed by atoms with Crippen LogP contribution in [0.2, 0.25) is 0 Å². The maximum Gasteiger partial charge on any atom is 0.266 e. The molecule has 0 aromatic heterocycles. The highest BCUT2D eigenvalue weighted by Gasteiger charge is 2.29. The van der Waals surface area contributed by atoms with Crippen LogP contribution in [0.3, 0.4) is 0 Å². The van der Waals surface area contributed by atoms with E-state index < -0.39 is 11.7 Å². The van der Waals surface area contributed by atoms with Crippen molar-refractivity contribution in [1.82, 2.24) is 0 Å². The van der Waals surface area contributed by atoms with Crippen molar-refractivity contribution in [2.24, 2.45) is 0 Å². The predicted octanol–water partition coefficient (Wildman–Crippen LogP) is 7.34. The smallest absolute Gasteiger partial charge is 0.266 e. The molecule has 0 saturated carbocycles. The number of ketones is 2. The Morgan fingerprint density at radius 2 is 1.31 bits per heavy atom. The fourth-order valence-corrected chi connectivity index (χ4v) is 3.76. The van der Waals surface area contributed by atoms with E-state index in [1.54, 1.807) is 27.7 Å². The highest BCUT2D eigenvalue weighted by Crippen LogP contribution is 2.30. The summed E-state index contributed by atoms with van der Waals surface area (Å²) < 4.78 is 24.1. The first-order valence-corrected chi connectivity index (χ1v) is 11.4. The molecule has 0 spiro atoms. The number of halogens is 2. The van der Waals surface area contributed by atoms with Gasteiger partial charge in [0, 0.05) is 22.3 Å². The number of Topliss-reactive ketones (excluding diaryl/α,β-unsaturated/α-hetero) is 2. The van der Waals surface area contributed by atoms with Crippen molar-refractivity contribution >= 4 is 11.6 Å². The van der Waals surface area contributed by atoms with Crippen molar-refractivity contribution in [3.05, 3.63) is 57.7 Å². The van der Waals surface area contributed by atoms with Crippen LogP contribution >= 0.6 is 0 Å². The van der Waals surface area contributed by atoms with E-state index >= 15 is 0 Å². The van der Waals surface area contributed by atoms with Gasteiger partial charge in [-0.15, -0.1) is 0 Å². The number of carbonyl (C=O) groups excluding carboxylic acids is 2. The van der Waals surface area contributed by atoms with Gasteiger partial charge in [0.25, 0.3) is 6.08 Å². The fourth-order valence-electron chi connectivity index (χ4n) is 3.76. The molecule has 1 unspecified atom stereocenters. The van der Waals surface area contributed by atoms with Crippen molar-refractivity contribution in [1.29, 1.82) is 0 Å². The van der Waals surface area contributed by atoms with Crippen LogP contribution in [0.1, 0.15) is 92.9 Å². The van der Waals surface area contributed by atoms with Crippen LogP contribution < -0.4 is 0 Å². The molecule has 0 aliphatic heterocycles. The van der Waals surface area contributed by atoms with E-state index in [0.717, 1.165) is 30.9 Å². The van der Waals surface area contributed by atoms with Crippen LogP contribution in [0.15, 0.2) is 57.7 Å². The van der Waals surface area contributed by atoms with Crippen LogP contribution in [0.5, 0.6) is 0 Å². The highest BCUT2D eigenvalue weighted by molar-refractivity contribution is 6.24. The van der Waals surface area contributed by atoms with E-state index in [2.05, 4.69) is 19.1 Å². The second-order valence-electron chi connectivity index (χ2n) is 9.22. The van der Waals surface area contributed by atoms with Gasteiger partial charge >= 0.3 is 0 Å². The first-order valence-electron chi connectivity index (χ1n) is 11.4. The summed E-state index contributed by atoms with van der Waals surface area (Å²) >= 11 is 0. The van der Waals surface area contributed by atoms with Crippen LogP contribution in [0.4, 0.5) is 8.78 Å². The number of hydrogen-bond acceptors (Lipinski definition) is 3. The van der Waals surface area contributed by atoms with Crippen LogP contribution in [-0.2, 0) is 9.59 Å². The van der Waals surface area contributed by atoms with Gasteiger partial charge in [-0.05, 0) is 99.0 Å². The summed E-state index contributed by atoms with van der Waals surface area (Å²) in [4.78, 5) is 24.8. The van der Waals surface area contributed by atoms with Crippen LogP contribution in [0.25, 0.3) is 0 Å². The van der Waals surface area contributed by atoms with Crippen molar-refractivity contribution in [3.8, 4) is 0 Å². The molecule has 1 rings (SSSR count). The van der Waals surface area contributed by atoms with Gasteiger partial charge in [-0.1, -0.05) is 23.3 Å². The lowest BCUT2D eigenvalue weighted by Crippen LogP contribution is -2.26. The van der Waals surface area contributed by atoms with Gasteiger partial charge in [-0.25, -0.2) is 0 Å². The number of allylic oxidation sites excluding steroid dienone is 9. The van der Waals surface area contributed by atoms with Gasteiger partial charge in [0.2, 0.25) is 0 Å². The maximum absolute atomic E-state index is 12.5. The third kappa shape index (κ3) is 9.15. The van der Waals surface area contributed by atoms with Crippen molar-refractivity contribution < 1.29 is 23.5 Å². The number of hydrogen-bond donors (Lipinski definition) is 1. The molecule has 0 radical (unpaired) electrons. The minimum atomic E-state index is -1.62. The summed E-state index contributed by atoms with van der Waals surface area (Å²) in [5.74, 6) is -0.161. The zero-order valence-electron chi connectivity index (χ0n) is 20.4. The van der Waals surface area contributed by atoms with Gasteiger partial charge in [-0.3, -0.25) is 9.59 Å². The molecule has 0 bridgehead atoms. The van der Waals surface area contributed by atoms with Gasteiger partial charge in [-0.2, -0.15) is 8.78 Å². The van der Waals surface area contributed by atoms with E-state index in [1.165, 1.54) is 5.57 Å². The molecule has 0 amide bonds.